The lowest BCUT2D eigenvalue weighted by molar-refractivity contribution is -0.111. The molecule has 0 atom stereocenters. The Labute approximate surface area is 105 Å². The molecule has 0 aliphatic rings. The smallest absolute Gasteiger partial charge is 0.221 e. The van der Waals surface area contributed by atoms with Crippen molar-refractivity contribution in [3.05, 3.63) is 0 Å². The van der Waals surface area contributed by atoms with Gasteiger partial charge in [-0.1, -0.05) is 12.8 Å². The van der Waals surface area contributed by atoms with Gasteiger partial charge in [0.1, 0.15) is 0 Å². The fraction of sp³-hybridized carbons (Fsp3) is 0.917. The number of nitrogens with zero attached hydrogens (tertiary/aromatic N) is 2. The van der Waals surface area contributed by atoms with Gasteiger partial charge >= 0.3 is 0 Å². The van der Waals surface area contributed by atoms with Crippen molar-refractivity contribution in [2.24, 2.45) is 0 Å². The Hall–Kier alpha value is -0.120. The van der Waals surface area contributed by atoms with E-state index in [1.165, 1.54) is 12.8 Å². The Balaban J connectivity index is 3.21. The predicted octanol–water partition coefficient (Wildman–Crippen LogP) is 2.20. The highest BCUT2D eigenvalue weighted by atomic mass is 35.5. The molecule has 0 saturated carbocycles. The van der Waals surface area contributed by atoms with Crippen LogP contribution in [-0.4, -0.2) is 55.8 Å². The Morgan fingerprint density at radius 2 is 1.56 bits per heavy atom. The Bertz CT molecular complexity index is 186. The van der Waals surface area contributed by atoms with Crippen LogP contribution in [0.15, 0.2) is 0 Å². The van der Waals surface area contributed by atoms with E-state index in [1.54, 1.807) is 0 Å². The highest BCUT2D eigenvalue weighted by Gasteiger charge is 2.00. The molecule has 0 bridgehead atoms. The van der Waals surface area contributed by atoms with Crippen molar-refractivity contribution in [3.8, 4) is 0 Å². The summed E-state index contributed by atoms with van der Waals surface area (Å²) in [5, 5.41) is -0.205. The quantitative estimate of drug-likeness (QED) is 0.438. The van der Waals surface area contributed by atoms with E-state index in [0.717, 1.165) is 32.5 Å². The molecule has 0 unspecified atom stereocenters. The summed E-state index contributed by atoms with van der Waals surface area (Å²) >= 11 is 5.26. The van der Waals surface area contributed by atoms with Gasteiger partial charge < -0.3 is 9.80 Å². The maximum Gasteiger partial charge on any atom is 0.221 e. The molecule has 0 aliphatic heterocycles. The van der Waals surface area contributed by atoms with Gasteiger partial charge in [-0.15, -0.1) is 0 Å². The van der Waals surface area contributed by atoms with Crippen LogP contribution in [0.5, 0.6) is 0 Å². The van der Waals surface area contributed by atoms with Gasteiger partial charge in [-0.25, -0.2) is 0 Å². The summed E-state index contributed by atoms with van der Waals surface area (Å²) in [6.07, 6.45) is 4.97. The average Bonchev–Trinajstić information content (AvgIpc) is 2.19. The standard InChI is InChI=1S/C12H25ClN2O/c1-14(2)10-11-15(3)9-7-5-4-6-8-12(13)16/h4-11H2,1-3H3. The topological polar surface area (TPSA) is 23.6 Å². The number of unbranched alkanes of at least 4 members (excludes halogenated alkanes) is 3. The zero-order chi connectivity index (χ0) is 12.4. The lowest BCUT2D eigenvalue weighted by Gasteiger charge is -2.18. The van der Waals surface area contributed by atoms with Gasteiger partial charge in [0.25, 0.3) is 0 Å². The third kappa shape index (κ3) is 12.0. The van der Waals surface area contributed by atoms with Crippen LogP contribution in [0.2, 0.25) is 0 Å². The first kappa shape index (κ1) is 15.9. The Morgan fingerprint density at radius 3 is 2.12 bits per heavy atom. The zero-order valence-corrected chi connectivity index (χ0v) is 11.6. The minimum absolute atomic E-state index is 0.205. The first-order chi connectivity index (χ1) is 7.52. The summed E-state index contributed by atoms with van der Waals surface area (Å²) in [6, 6.07) is 0. The van der Waals surface area contributed by atoms with Gasteiger partial charge in [0.2, 0.25) is 5.24 Å². The summed E-state index contributed by atoms with van der Waals surface area (Å²) in [5.74, 6) is 0. The number of carbonyl (C=O) groups excluding carboxylic acids is 1. The van der Waals surface area contributed by atoms with Crippen LogP contribution in [0.3, 0.4) is 0 Å². The molecule has 0 spiro atoms. The number of halogens is 1. The lowest BCUT2D eigenvalue weighted by Crippen LogP contribution is -2.29. The van der Waals surface area contributed by atoms with Gasteiger partial charge in [-0.05, 0) is 52.1 Å². The van der Waals surface area contributed by atoms with E-state index < -0.39 is 0 Å². The number of rotatable bonds is 10. The second-order valence-electron chi connectivity index (χ2n) is 4.63. The SMILES string of the molecule is CN(C)CCN(C)CCCCCCC(=O)Cl. The normalized spacial score (nSPS) is 11.4. The molecule has 16 heavy (non-hydrogen) atoms. The van der Waals surface area contributed by atoms with E-state index in [1.807, 2.05) is 0 Å². The number of carbonyl (C=O) groups is 1. The van der Waals surface area contributed by atoms with Crippen molar-refractivity contribution in [3.63, 3.8) is 0 Å². The van der Waals surface area contributed by atoms with Gasteiger partial charge in [-0.3, -0.25) is 4.79 Å². The van der Waals surface area contributed by atoms with E-state index >= 15 is 0 Å². The molecule has 0 N–H and O–H groups in total. The van der Waals surface area contributed by atoms with Gasteiger partial charge in [0.15, 0.2) is 0 Å². The minimum atomic E-state index is -0.205. The molecular weight excluding hydrogens is 224 g/mol. The molecule has 96 valence electrons. The summed E-state index contributed by atoms with van der Waals surface area (Å²) in [7, 11) is 6.35. The molecule has 0 rings (SSSR count). The third-order valence-corrected chi connectivity index (χ3v) is 2.78. The maximum absolute atomic E-state index is 10.5. The number of hydrogen-bond donors (Lipinski definition) is 0. The first-order valence-corrected chi connectivity index (χ1v) is 6.41. The molecule has 0 fully saturated rings. The van der Waals surface area contributed by atoms with Crippen LogP contribution in [0.1, 0.15) is 32.1 Å². The maximum atomic E-state index is 10.5. The molecule has 0 amide bonds. The fourth-order valence-corrected chi connectivity index (χ4v) is 1.62. The fourth-order valence-electron chi connectivity index (χ4n) is 1.48. The highest BCUT2D eigenvalue weighted by molar-refractivity contribution is 6.63. The lowest BCUT2D eigenvalue weighted by atomic mass is 10.1. The average molecular weight is 249 g/mol. The summed E-state index contributed by atoms with van der Waals surface area (Å²) in [4.78, 5) is 15.0. The summed E-state index contributed by atoms with van der Waals surface area (Å²) < 4.78 is 0. The van der Waals surface area contributed by atoms with E-state index in [4.69, 9.17) is 11.6 Å². The van der Waals surface area contributed by atoms with Crippen LogP contribution in [0.25, 0.3) is 0 Å². The zero-order valence-electron chi connectivity index (χ0n) is 10.8. The van der Waals surface area contributed by atoms with Gasteiger partial charge in [0, 0.05) is 19.5 Å². The second kappa shape index (κ2) is 10.1. The molecule has 0 saturated heterocycles. The molecule has 0 aromatic heterocycles. The summed E-state index contributed by atoms with van der Waals surface area (Å²) in [5.41, 5.74) is 0. The highest BCUT2D eigenvalue weighted by Crippen LogP contribution is 2.05. The van der Waals surface area contributed by atoms with Crippen molar-refractivity contribution in [1.29, 1.82) is 0 Å². The molecule has 0 aromatic rings. The van der Waals surface area contributed by atoms with Crippen molar-refractivity contribution in [1.82, 2.24) is 9.80 Å². The molecule has 0 aromatic carbocycles. The van der Waals surface area contributed by atoms with Crippen LogP contribution in [0, 0.1) is 0 Å². The second-order valence-corrected chi connectivity index (χ2v) is 5.05. The molecule has 3 nitrogen and oxygen atoms in total. The van der Waals surface area contributed by atoms with Gasteiger partial charge in [0.05, 0.1) is 0 Å². The van der Waals surface area contributed by atoms with Crippen LogP contribution < -0.4 is 0 Å². The van der Waals surface area contributed by atoms with Crippen LogP contribution in [-0.2, 0) is 4.79 Å². The Kier molecular flexibility index (Phi) is 9.99. The van der Waals surface area contributed by atoms with Crippen molar-refractivity contribution in [2.45, 2.75) is 32.1 Å². The molecule has 0 heterocycles. The molecule has 4 heteroatoms. The first-order valence-electron chi connectivity index (χ1n) is 6.04. The van der Waals surface area contributed by atoms with Gasteiger partial charge in [-0.2, -0.15) is 0 Å². The van der Waals surface area contributed by atoms with Crippen LogP contribution >= 0.6 is 11.6 Å². The third-order valence-electron chi connectivity index (χ3n) is 2.59. The molecule has 0 radical (unpaired) electrons. The van der Waals surface area contributed by atoms with E-state index in [9.17, 15) is 4.79 Å². The van der Waals surface area contributed by atoms with Crippen LogP contribution in [0.4, 0.5) is 0 Å². The molecule has 0 aliphatic carbocycles. The largest absolute Gasteiger partial charge is 0.308 e. The van der Waals surface area contributed by atoms with E-state index in [2.05, 4.69) is 30.9 Å². The Morgan fingerprint density at radius 1 is 0.938 bits per heavy atom. The predicted molar refractivity (Wildman–Crippen MR) is 70.0 cm³/mol. The van der Waals surface area contributed by atoms with E-state index in [0.29, 0.717) is 6.42 Å². The van der Waals surface area contributed by atoms with Crippen molar-refractivity contribution >= 4 is 16.8 Å². The summed E-state index contributed by atoms with van der Waals surface area (Å²) in [6.45, 7) is 3.37. The van der Waals surface area contributed by atoms with Crippen molar-refractivity contribution < 1.29 is 4.79 Å². The molecular formula is C12H25ClN2O. The monoisotopic (exact) mass is 248 g/mol. The minimum Gasteiger partial charge on any atom is -0.308 e. The number of hydrogen-bond acceptors (Lipinski definition) is 3. The van der Waals surface area contributed by atoms with E-state index in [-0.39, 0.29) is 5.24 Å². The van der Waals surface area contributed by atoms with Crippen molar-refractivity contribution in [2.75, 3.05) is 40.8 Å². The number of likely N-dealkylation sites (N-methyl/N-ethyl adjacent to an activating group) is 2.